The summed E-state index contributed by atoms with van der Waals surface area (Å²) in [7, 11) is 0. The summed E-state index contributed by atoms with van der Waals surface area (Å²) in [4.78, 5) is 12.4. The second-order valence-corrected chi connectivity index (χ2v) is 8.10. The molecule has 2 aromatic rings. The number of nitrogens with one attached hydrogen (secondary N) is 1. The summed E-state index contributed by atoms with van der Waals surface area (Å²) in [5.74, 6) is 0.324. The topological polar surface area (TPSA) is 46.9 Å². The number of aromatic nitrogens is 2. The van der Waals surface area contributed by atoms with E-state index in [9.17, 15) is 4.79 Å². The van der Waals surface area contributed by atoms with Crippen molar-refractivity contribution in [1.29, 1.82) is 0 Å². The van der Waals surface area contributed by atoms with Crippen LogP contribution >= 0.6 is 46.4 Å². The number of amides is 1. The lowest BCUT2D eigenvalue weighted by molar-refractivity contribution is -0.120. The Morgan fingerprint density at radius 3 is 2.65 bits per heavy atom. The van der Waals surface area contributed by atoms with Gasteiger partial charge in [-0.25, -0.2) is 4.68 Å². The third kappa shape index (κ3) is 3.18. The minimum Gasteiger partial charge on any atom is -0.310 e. The van der Waals surface area contributed by atoms with Crippen LogP contribution in [0.3, 0.4) is 0 Å². The lowest BCUT2D eigenvalue weighted by Crippen LogP contribution is -2.27. The van der Waals surface area contributed by atoms with E-state index in [0.717, 1.165) is 5.56 Å². The number of halogens is 4. The molecule has 122 valence electrons. The second-order valence-electron chi connectivity index (χ2n) is 5.78. The average molecular weight is 393 g/mol. The molecule has 0 bridgehead atoms. The van der Waals surface area contributed by atoms with Crippen molar-refractivity contribution >= 4 is 58.1 Å². The fourth-order valence-corrected chi connectivity index (χ4v) is 3.45. The molecule has 1 aliphatic rings. The number of alkyl halides is 2. The van der Waals surface area contributed by atoms with Gasteiger partial charge in [-0.15, -0.1) is 23.2 Å². The molecule has 1 aromatic heterocycles. The predicted molar refractivity (Wildman–Crippen MR) is 93.6 cm³/mol. The second kappa shape index (κ2) is 5.85. The van der Waals surface area contributed by atoms with Gasteiger partial charge in [-0.3, -0.25) is 4.79 Å². The molecule has 1 saturated carbocycles. The number of nitrogens with zero attached hydrogens (tertiary/aromatic N) is 2. The van der Waals surface area contributed by atoms with E-state index in [1.165, 1.54) is 0 Å². The van der Waals surface area contributed by atoms with Gasteiger partial charge >= 0.3 is 0 Å². The lowest BCUT2D eigenvalue weighted by atomic mass is 10.1. The molecule has 1 aromatic carbocycles. The van der Waals surface area contributed by atoms with Crippen LogP contribution < -0.4 is 5.32 Å². The molecule has 0 radical (unpaired) electrons. The molecule has 4 nitrogen and oxygen atoms in total. The first kappa shape index (κ1) is 16.9. The van der Waals surface area contributed by atoms with Gasteiger partial charge in [0.1, 0.15) is 10.2 Å². The zero-order chi connectivity index (χ0) is 16.8. The Labute approximate surface area is 153 Å². The Hall–Kier alpha value is -0.940. The first-order valence-corrected chi connectivity index (χ1v) is 8.39. The Bertz CT molecular complexity index is 774. The van der Waals surface area contributed by atoms with Gasteiger partial charge in [0.2, 0.25) is 5.91 Å². The van der Waals surface area contributed by atoms with Crippen molar-refractivity contribution < 1.29 is 4.79 Å². The molecular formula is C15H13Cl4N3O. The van der Waals surface area contributed by atoms with Crippen LogP contribution in [0.25, 0.3) is 0 Å². The number of hydrogen-bond acceptors (Lipinski definition) is 2. The van der Waals surface area contributed by atoms with E-state index in [1.54, 1.807) is 36.0 Å². The normalized spacial score (nSPS) is 22.0. The third-order valence-corrected chi connectivity index (χ3v) is 5.74. The Kier molecular flexibility index (Phi) is 4.30. The highest BCUT2D eigenvalue weighted by atomic mass is 35.5. The van der Waals surface area contributed by atoms with Crippen LogP contribution in [0.1, 0.15) is 18.9 Å². The Morgan fingerprint density at radius 1 is 1.35 bits per heavy atom. The zero-order valence-corrected chi connectivity index (χ0v) is 15.1. The Balaban J connectivity index is 1.77. The number of carbonyl (C=O) groups excluding carboxylic acids is 1. The average Bonchev–Trinajstić information content (AvgIpc) is 2.80. The van der Waals surface area contributed by atoms with E-state index < -0.39 is 9.75 Å². The quantitative estimate of drug-likeness (QED) is 0.762. The van der Waals surface area contributed by atoms with Crippen molar-refractivity contribution in [3.8, 4) is 0 Å². The van der Waals surface area contributed by atoms with Crippen LogP contribution in [0.4, 0.5) is 5.82 Å². The van der Waals surface area contributed by atoms with E-state index in [4.69, 9.17) is 46.4 Å². The smallest absolute Gasteiger partial charge is 0.234 e. The van der Waals surface area contributed by atoms with E-state index in [2.05, 4.69) is 10.4 Å². The molecule has 0 spiro atoms. The van der Waals surface area contributed by atoms with Gasteiger partial charge in [-0.2, -0.15) is 5.10 Å². The maximum atomic E-state index is 12.4. The number of carbonyl (C=O) groups is 1. The summed E-state index contributed by atoms with van der Waals surface area (Å²) in [5.41, 5.74) is 0.0558. The fraction of sp³-hybridized carbons (Fsp3) is 0.333. The van der Waals surface area contributed by atoms with Crippen molar-refractivity contribution in [2.45, 2.75) is 24.2 Å². The standard InChI is InChI=1S/C15H13Cl4N3O/c1-14(8-15(14,18)19)13(23)21-12-4-5-20-22(12)7-9-2-3-10(16)6-11(9)17/h2-6H,7-8H2,1H3,(H,21,23). The molecular weight excluding hydrogens is 380 g/mol. The maximum Gasteiger partial charge on any atom is 0.234 e. The number of benzene rings is 1. The van der Waals surface area contributed by atoms with Crippen molar-refractivity contribution in [2.75, 3.05) is 5.32 Å². The minimum atomic E-state index is -1.01. The molecule has 1 amide bonds. The predicted octanol–water partition coefficient (Wildman–Crippen LogP) is 4.76. The van der Waals surface area contributed by atoms with Crippen molar-refractivity contribution in [2.24, 2.45) is 5.41 Å². The highest BCUT2D eigenvalue weighted by molar-refractivity contribution is 6.53. The fourth-order valence-electron chi connectivity index (χ4n) is 2.28. The molecule has 1 atom stereocenters. The van der Waals surface area contributed by atoms with Crippen LogP contribution in [-0.4, -0.2) is 20.0 Å². The maximum absolute atomic E-state index is 12.4. The molecule has 23 heavy (non-hydrogen) atoms. The van der Waals surface area contributed by atoms with Crippen LogP contribution in [0.2, 0.25) is 10.0 Å². The molecule has 1 unspecified atom stereocenters. The minimum absolute atomic E-state index is 0.230. The van der Waals surface area contributed by atoms with Gasteiger partial charge in [-0.1, -0.05) is 29.3 Å². The van der Waals surface area contributed by atoms with Gasteiger partial charge in [0.15, 0.2) is 0 Å². The van der Waals surface area contributed by atoms with Gasteiger partial charge < -0.3 is 5.32 Å². The van der Waals surface area contributed by atoms with Gasteiger partial charge in [-0.05, 0) is 31.0 Å². The van der Waals surface area contributed by atoms with E-state index >= 15 is 0 Å². The van der Waals surface area contributed by atoms with Crippen molar-refractivity contribution in [3.05, 3.63) is 46.1 Å². The van der Waals surface area contributed by atoms with Crippen LogP contribution in [0.15, 0.2) is 30.5 Å². The molecule has 1 aliphatic carbocycles. The lowest BCUT2D eigenvalue weighted by Gasteiger charge is -2.14. The van der Waals surface area contributed by atoms with E-state index in [1.807, 2.05) is 6.07 Å². The van der Waals surface area contributed by atoms with Crippen molar-refractivity contribution in [3.63, 3.8) is 0 Å². The van der Waals surface area contributed by atoms with Crippen molar-refractivity contribution in [1.82, 2.24) is 9.78 Å². The molecule has 0 saturated heterocycles. The van der Waals surface area contributed by atoms with Crippen LogP contribution in [0, 0.1) is 5.41 Å². The molecule has 0 aliphatic heterocycles. The van der Waals surface area contributed by atoms with E-state index in [0.29, 0.717) is 28.8 Å². The van der Waals surface area contributed by atoms with Gasteiger partial charge in [0.05, 0.1) is 18.2 Å². The Morgan fingerprint density at radius 2 is 2.04 bits per heavy atom. The first-order valence-electron chi connectivity index (χ1n) is 6.88. The zero-order valence-electron chi connectivity index (χ0n) is 12.1. The number of rotatable bonds is 4. The van der Waals surface area contributed by atoms with Crippen LogP contribution in [-0.2, 0) is 11.3 Å². The summed E-state index contributed by atoms with van der Waals surface area (Å²) in [6.45, 7) is 2.14. The number of anilines is 1. The SMILES string of the molecule is CC1(C(=O)Nc2ccnn2Cc2ccc(Cl)cc2Cl)CC1(Cl)Cl. The summed E-state index contributed by atoms with van der Waals surface area (Å²) >= 11 is 24.2. The molecule has 1 fully saturated rings. The molecule has 1 N–H and O–H groups in total. The molecule has 3 rings (SSSR count). The number of hydrogen-bond donors (Lipinski definition) is 1. The molecule has 8 heteroatoms. The van der Waals surface area contributed by atoms with Crippen LogP contribution in [0.5, 0.6) is 0 Å². The first-order chi connectivity index (χ1) is 10.7. The highest BCUT2D eigenvalue weighted by Crippen LogP contribution is 2.64. The third-order valence-electron chi connectivity index (χ3n) is 4.05. The summed E-state index contributed by atoms with van der Waals surface area (Å²) in [5, 5.41) is 8.14. The highest BCUT2D eigenvalue weighted by Gasteiger charge is 2.68. The summed E-state index contributed by atoms with van der Waals surface area (Å²) in [6.07, 6.45) is 2.02. The van der Waals surface area contributed by atoms with Gasteiger partial charge in [0.25, 0.3) is 0 Å². The summed E-state index contributed by atoms with van der Waals surface area (Å²) in [6, 6.07) is 6.95. The summed E-state index contributed by atoms with van der Waals surface area (Å²) < 4.78 is 0.629. The van der Waals surface area contributed by atoms with E-state index in [-0.39, 0.29) is 5.91 Å². The molecule has 1 heterocycles. The monoisotopic (exact) mass is 391 g/mol. The van der Waals surface area contributed by atoms with Gasteiger partial charge in [0, 0.05) is 16.1 Å². The largest absolute Gasteiger partial charge is 0.310 e.